The average molecular weight is 226 g/mol. The molecule has 2 N–H and O–H groups in total. The SMILES string of the molecule is O=C(c1n[nH]cc1[N+](=O)[O-])C1CNCCO1. The molecule has 1 aliphatic heterocycles. The van der Waals surface area contributed by atoms with Crippen molar-refractivity contribution in [1.82, 2.24) is 15.5 Å². The summed E-state index contributed by atoms with van der Waals surface area (Å²) < 4.78 is 5.21. The average Bonchev–Trinajstić information content (AvgIpc) is 2.78. The molecule has 16 heavy (non-hydrogen) atoms. The highest BCUT2D eigenvalue weighted by molar-refractivity contribution is 6.01. The highest BCUT2D eigenvalue weighted by Gasteiger charge is 2.31. The van der Waals surface area contributed by atoms with Crippen molar-refractivity contribution in [3.8, 4) is 0 Å². The van der Waals surface area contributed by atoms with Gasteiger partial charge in [-0.2, -0.15) is 5.10 Å². The number of hydrogen-bond acceptors (Lipinski definition) is 6. The topological polar surface area (TPSA) is 110 Å². The number of carbonyl (C=O) groups is 1. The van der Waals surface area contributed by atoms with Crippen LogP contribution in [-0.4, -0.2) is 46.7 Å². The second kappa shape index (κ2) is 4.37. The van der Waals surface area contributed by atoms with Gasteiger partial charge in [0.1, 0.15) is 12.3 Å². The van der Waals surface area contributed by atoms with Gasteiger partial charge in [-0.3, -0.25) is 20.0 Å². The fraction of sp³-hybridized carbons (Fsp3) is 0.500. The molecule has 0 radical (unpaired) electrons. The first-order valence-electron chi connectivity index (χ1n) is 4.75. The number of Topliss-reactive ketones (excluding diaryl/α,β-unsaturated/α-hetero) is 1. The third kappa shape index (κ3) is 1.92. The van der Waals surface area contributed by atoms with Crippen molar-refractivity contribution in [2.24, 2.45) is 0 Å². The first-order chi connectivity index (χ1) is 7.70. The molecule has 2 rings (SSSR count). The summed E-state index contributed by atoms with van der Waals surface area (Å²) in [5.74, 6) is -0.472. The second-order valence-electron chi connectivity index (χ2n) is 3.30. The Hall–Kier alpha value is -1.80. The summed E-state index contributed by atoms with van der Waals surface area (Å²) in [6, 6.07) is 0. The van der Waals surface area contributed by atoms with Crippen LogP contribution >= 0.6 is 0 Å². The van der Waals surface area contributed by atoms with E-state index in [1.807, 2.05) is 0 Å². The number of carbonyl (C=O) groups excluding carboxylic acids is 1. The van der Waals surface area contributed by atoms with Crippen LogP contribution in [0.5, 0.6) is 0 Å². The lowest BCUT2D eigenvalue weighted by Gasteiger charge is -2.21. The Morgan fingerprint density at radius 1 is 1.69 bits per heavy atom. The number of ketones is 1. The lowest BCUT2D eigenvalue weighted by atomic mass is 10.1. The van der Waals surface area contributed by atoms with Crippen LogP contribution in [0.15, 0.2) is 6.20 Å². The zero-order valence-electron chi connectivity index (χ0n) is 8.30. The van der Waals surface area contributed by atoms with Gasteiger partial charge >= 0.3 is 5.69 Å². The smallest absolute Gasteiger partial charge is 0.317 e. The van der Waals surface area contributed by atoms with Gasteiger partial charge in [0.05, 0.1) is 11.5 Å². The summed E-state index contributed by atoms with van der Waals surface area (Å²) in [6.07, 6.45) is 0.388. The molecule has 1 unspecified atom stereocenters. The van der Waals surface area contributed by atoms with Gasteiger partial charge in [0.2, 0.25) is 11.5 Å². The predicted octanol–water partition coefficient (Wildman–Crippen LogP) is -0.511. The molecule has 0 bridgehead atoms. The number of aromatic amines is 1. The first kappa shape index (κ1) is 10.7. The largest absolute Gasteiger partial charge is 0.367 e. The third-order valence-electron chi connectivity index (χ3n) is 2.27. The van der Waals surface area contributed by atoms with Gasteiger partial charge in [0, 0.05) is 13.1 Å². The van der Waals surface area contributed by atoms with E-state index in [2.05, 4.69) is 15.5 Å². The Bertz CT molecular complexity index is 410. The number of nitrogens with one attached hydrogen (secondary N) is 2. The van der Waals surface area contributed by atoms with E-state index in [4.69, 9.17) is 4.74 Å². The van der Waals surface area contributed by atoms with Crippen molar-refractivity contribution in [1.29, 1.82) is 0 Å². The van der Waals surface area contributed by atoms with Crippen molar-refractivity contribution in [3.05, 3.63) is 22.0 Å². The van der Waals surface area contributed by atoms with Crippen LogP contribution in [0, 0.1) is 10.1 Å². The standard InChI is InChI=1S/C8H10N4O4/c13-8(6-4-9-1-2-16-6)7-5(12(14)15)3-10-11-7/h3,6,9H,1-2,4H2,(H,10,11). The van der Waals surface area contributed by atoms with Gasteiger partial charge in [-0.05, 0) is 0 Å². The Morgan fingerprint density at radius 2 is 2.50 bits per heavy atom. The van der Waals surface area contributed by atoms with Crippen molar-refractivity contribution >= 4 is 11.5 Å². The van der Waals surface area contributed by atoms with Crippen molar-refractivity contribution < 1.29 is 14.5 Å². The van der Waals surface area contributed by atoms with Crippen LogP contribution < -0.4 is 5.32 Å². The molecular weight excluding hydrogens is 216 g/mol. The summed E-state index contributed by atoms with van der Waals surface area (Å²) in [6.45, 7) is 1.43. The summed E-state index contributed by atoms with van der Waals surface area (Å²) in [4.78, 5) is 21.8. The number of nitro groups is 1. The molecular formula is C8H10N4O4. The van der Waals surface area contributed by atoms with Crippen molar-refractivity contribution in [2.45, 2.75) is 6.10 Å². The number of rotatable bonds is 3. The molecule has 8 nitrogen and oxygen atoms in total. The van der Waals surface area contributed by atoms with Gasteiger partial charge in [-0.15, -0.1) is 0 Å². The second-order valence-corrected chi connectivity index (χ2v) is 3.30. The number of ether oxygens (including phenoxy) is 1. The number of aromatic nitrogens is 2. The maximum Gasteiger partial charge on any atom is 0.317 e. The van der Waals surface area contributed by atoms with E-state index in [1.54, 1.807) is 0 Å². The van der Waals surface area contributed by atoms with E-state index in [-0.39, 0.29) is 11.4 Å². The quantitative estimate of drug-likeness (QED) is 0.408. The highest BCUT2D eigenvalue weighted by atomic mass is 16.6. The monoisotopic (exact) mass is 226 g/mol. The van der Waals surface area contributed by atoms with Gasteiger partial charge in [-0.1, -0.05) is 0 Å². The highest BCUT2D eigenvalue weighted by Crippen LogP contribution is 2.17. The molecule has 0 saturated carbocycles. The molecule has 0 spiro atoms. The molecule has 2 heterocycles. The molecule has 1 aromatic heterocycles. The number of nitrogens with zero attached hydrogens (tertiary/aromatic N) is 2. The first-order valence-corrected chi connectivity index (χ1v) is 4.75. The third-order valence-corrected chi connectivity index (χ3v) is 2.27. The molecule has 1 aromatic rings. The summed E-state index contributed by atoms with van der Waals surface area (Å²) in [5.41, 5.74) is -0.502. The van der Waals surface area contributed by atoms with Crippen LogP contribution in [0.3, 0.4) is 0 Å². The zero-order chi connectivity index (χ0) is 11.5. The maximum atomic E-state index is 11.8. The van der Waals surface area contributed by atoms with E-state index in [9.17, 15) is 14.9 Å². The van der Waals surface area contributed by atoms with Crippen LogP contribution in [0.2, 0.25) is 0 Å². The minimum Gasteiger partial charge on any atom is -0.367 e. The summed E-state index contributed by atoms with van der Waals surface area (Å²) >= 11 is 0. The molecule has 1 atom stereocenters. The normalized spacial score (nSPS) is 20.6. The maximum absolute atomic E-state index is 11.8. The van der Waals surface area contributed by atoms with Gasteiger partial charge in [0.15, 0.2) is 0 Å². The molecule has 0 amide bonds. The van der Waals surface area contributed by atoms with Crippen molar-refractivity contribution in [2.75, 3.05) is 19.7 Å². The van der Waals surface area contributed by atoms with Crippen LogP contribution in [-0.2, 0) is 4.74 Å². The fourth-order valence-corrected chi connectivity index (χ4v) is 1.49. The van der Waals surface area contributed by atoms with E-state index < -0.39 is 16.8 Å². The van der Waals surface area contributed by atoms with Crippen molar-refractivity contribution in [3.63, 3.8) is 0 Å². The molecule has 8 heteroatoms. The fourth-order valence-electron chi connectivity index (χ4n) is 1.49. The minimum absolute atomic E-state index is 0.182. The van der Waals surface area contributed by atoms with E-state index in [0.717, 1.165) is 6.20 Å². The van der Waals surface area contributed by atoms with Gasteiger partial charge in [-0.25, -0.2) is 0 Å². The van der Waals surface area contributed by atoms with E-state index in [0.29, 0.717) is 19.7 Å². The molecule has 1 aliphatic rings. The van der Waals surface area contributed by atoms with Crippen LogP contribution in [0.1, 0.15) is 10.5 Å². The zero-order valence-corrected chi connectivity index (χ0v) is 8.30. The van der Waals surface area contributed by atoms with Crippen LogP contribution in [0.25, 0.3) is 0 Å². The Morgan fingerprint density at radius 3 is 3.12 bits per heavy atom. The Labute approximate surface area is 90.1 Å². The number of H-pyrrole nitrogens is 1. The van der Waals surface area contributed by atoms with E-state index >= 15 is 0 Å². The lowest BCUT2D eigenvalue weighted by Crippen LogP contribution is -2.43. The molecule has 0 aromatic carbocycles. The Balaban J connectivity index is 2.19. The molecule has 86 valence electrons. The lowest BCUT2D eigenvalue weighted by molar-refractivity contribution is -0.385. The van der Waals surface area contributed by atoms with E-state index in [1.165, 1.54) is 0 Å². The molecule has 0 aliphatic carbocycles. The number of hydrogen-bond donors (Lipinski definition) is 2. The van der Waals surface area contributed by atoms with Gasteiger partial charge < -0.3 is 10.1 Å². The molecule has 1 saturated heterocycles. The van der Waals surface area contributed by atoms with Crippen LogP contribution in [0.4, 0.5) is 5.69 Å². The molecule has 1 fully saturated rings. The number of morpholine rings is 1. The predicted molar refractivity (Wildman–Crippen MR) is 52.2 cm³/mol. The Kier molecular flexibility index (Phi) is 2.93. The minimum atomic E-state index is -0.698. The summed E-state index contributed by atoms with van der Waals surface area (Å²) in [7, 11) is 0. The van der Waals surface area contributed by atoms with Gasteiger partial charge in [0.25, 0.3) is 0 Å². The summed E-state index contributed by atoms with van der Waals surface area (Å²) in [5, 5.41) is 19.5.